The third kappa shape index (κ3) is 2.86. The van der Waals surface area contributed by atoms with Crippen LogP contribution in [0.5, 0.6) is 0 Å². The molecule has 1 aromatic heterocycles. The molecule has 6 heteroatoms. The normalized spacial score (nSPS) is 20.3. The molecule has 0 aromatic carbocycles. The highest BCUT2D eigenvalue weighted by atomic mass is 127. The van der Waals surface area contributed by atoms with Crippen LogP contribution >= 0.6 is 22.6 Å². The molecule has 1 unspecified atom stereocenters. The molecular formula is C11H16IN3O2. The SMILES string of the molecule is CCc1nc(C2COCCO2)nc(NC)c1I. The van der Waals surface area contributed by atoms with E-state index in [1.54, 1.807) is 0 Å². The van der Waals surface area contributed by atoms with E-state index < -0.39 is 0 Å². The largest absolute Gasteiger partial charge is 0.376 e. The van der Waals surface area contributed by atoms with Gasteiger partial charge in [0.25, 0.3) is 0 Å². The van der Waals surface area contributed by atoms with Crippen LogP contribution in [-0.2, 0) is 15.9 Å². The number of hydrogen-bond donors (Lipinski definition) is 1. The Morgan fingerprint density at radius 1 is 1.41 bits per heavy atom. The number of anilines is 1. The summed E-state index contributed by atoms with van der Waals surface area (Å²) in [7, 11) is 1.87. The Kier molecular flexibility index (Phi) is 4.52. The van der Waals surface area contributed by atoms with Gasteiger partial charge < -0.3 is 14.8 Å². The van der Waals surface area contributed by atoms with Gasteiger partial charge >= 0.3 is 0 Å². The Hall–Kier alpha value is -0.470. The summed E-state index contributed by atoms with van der Waals surface area (Å²) in [4.78, 5) is 9.05. The topological polar surface area (TPSA) is 56.3 Å². The number of ether oxygens (including phenoxy) is 2. The number of hydrogen-bond acceptors (Lipinski definition) is 5. The molecule has 1 saturated heterocycles. The Balaban J connectivity index is 2.33. The number of aromatic nitrogens is 2. The maximum absolute atomic E-state index is 5.62. The molecule has 1 aliphatic rings. The van der Waals surface area contributed by atoms with Gasteiger partial charge in [0.2, 0.25) is 0 Å². The summed E-state index contributed by atoms with van der Waals surface area (Å²) >= 11 is 2.27. The number of nitrogens with one attached hydrogen (secondary N) is 1. The van der Waals surface area contributed by atoms with Gasteiger partial charge in [-0.05, 0) is 29.0 Å². The van der Waals surface area contributed by atoms with Crippen molar-refractivity contribution in [2.24, 2.45) is 0 Å². The molecule has 17 heavy (non-hydrogen) atoms. The van der Waals surface area contributed by atoms with Crippen molar-refractivity contribution < 1.29 is 9.47 Å². The maximum atomic E-state index is 5.62. The molecule has 0 radical (unpaired) electrons. The second kappa shape index (κ2) is 5.92. The van der Waals surface area contributed by atoms with Gasteiger partial charge in [0.1, 0.15) is 11.9 Å². The van der Waals surface area contributed by atoms with Gasteiger partial charge in [-0.25, -0.2) is 9.97 Å². The highest BCUT2D eigenvalue weighted by molar-refractivity contribution is 14.1. The molecule has 5 nitrogen and oxygen atoms in total. The molecule has 2 rings (SSSR count). The summed E-state index contributed by atoms with van der Waals surface area (Å²) in [6.07, 6.45) is 0.744. The Morgan fingerprint density at radius 2 is 2.24 bits per heavy atom. The smallest absolute Gasteiger partial charge is 0.162 e. The lowest BCUT2D eigenvalue weighted by Gasteiger charge is -2.22. The van der Waals surface area contributed by atoms with Gasteiger partial charge in [0.15, 0.2) is 5.82 Å². The minimum absolute atomic E-state index is 0.141. The lowest BCUT2D eigenvalue weighted by atomic mass is 10.2. The third-order valence-corrected chi connectivity index (χ3v) is 3.75. The van der Waals surface area contributed by atoms with Crippen LogP contribution in [0.2, 0.25) is 0 Å². The van der Waals surface area contributed by atoms with Crippen LogP contribution in [0.3, 0.4) is 0 Å². The van der Waals surface area contributed by atoms with Gasteiger partial charge in [-0.15, -0.1) is 0 Å². The zero-order chi connectivity index (χ0) is 12.3. The Morgan fingerprint density at radius 3 is 2.82 bits per heavy atom. The molecular weight excluding hydrogens is 333 g/mol. The van der Waals surface area contributed by atoms with E-state index in [9.17, 15) is 0 Å². The fraction of sp³-hybridized carbons (Fsp3) is 0.636. The van der Waals surface area contributed by atoms with Crippen LogP contribution in [-0.4, -0.2) is 36.8 Å². The van der Waals surface area contributed by atoms with Gasteiger partial charge in [-0.2, -0.15) is 0 Å². The molecule has 1 N–H and O–H groups in total. The highest BCUT2D eigenvalue weighted by Gasteiger charge is 2.22. The average molecular weight is 349 g/mol. The second-order valence-electron chi connectivity index (χ2n) is 3.73. The fourth-order valence-corrected chi connectivity index (χ4v) is 2.59. The predicted molar refractivity (Wildman–Crippen MR) is 73.2 cm³/mol. The third-order valence-electron chi connectivity index (χ3n) is 2.61. The minimum Gasteiger partial charge on any atom is -0.376 e. The van der Waals surface area contributed by atoms with Crippen molar-refractivity contribution in [3.63, 3.8) is 0 Å². The first-order valence-corrected chi connectivity index (χ1v) is 6.77. The zero-order valence-corrected chi connectivity index (χ0v) is 12.2. The molecule has 1 aliphatic heterocycles. The van der Waals surface area contributed by atoms with Crippen LogP contribution in [0.1, 0.15) is 24.5 Å². The lowest BCUT2D eigenvalue weighted by molar-refractivity contribution is -0.0935. The fourth-order valence-electron chi connectivity index (χ4n) is 1.69. The molecule has 1 atom stereocenters. The number of aryl methyl sites for hydroxylation is 1. The summed E-state index contributed by atoms with van der Waals surface area (Å²) in [5.74, 6) is 1.58. The van der Waals surface area contributed by atoms with Gasteiger partial charge in [0.05, 0.1) is 29.1 Å². The first kappa shape index (κ1) is 13.0. The van der Waals surface area contributed by atoms with Gasteiger partial charge in [-0.3, -0.25) is 0 Å². The van der Waals surface area contributed by atoms with E-state index in [-0.39, 0.29) is 6.10 Å². The molecule has 0 amide bonds. The first-order chi connectivity index (χ1) is 8.26. The van der Waals surface area contributed by atoms with Gasteiger partial charge in [-0.1, -0.05) is 6.92 Å². The summed E-state index contributed by atoms with van der Waals surface area (Å²) in [6, 6.07) is 0. The van der Waals surface area contributed by atoms with Crippen molar-refractivity contribution in [2.45, 2.75) is 19.4 Å². The number of rotatable bonds is 3. The second-order valence-corrected chi connectivity index (χ2v) is 4.81. The molecule has 0 spiro atoms. The van der Waals surface area contributed by atoms with E-state index >= 15 is 0 Å². The summed E-state index contributed by atoms with van der Waals surface area (Å²) in [5, 5.41) is 3.09. The van der Waals surface area contributed by atoms with E-state index in [2.05, 4.69) is 44.8 Å². The Labute approximate surface area is 114 Å². The van der Waals surface area contributed by atoms with Gasteiger partial charge in [0, 0.05) is 7.05 Å². The summed E-state index contributed by atoms with van der Waals surface area (Å²) < 4.78 is 12.1. The quantitative estimate of drug-likeness (QED) is 0.843. The Bertz CT molecular complexity index is 369. The number of nitrogens with zero attached hydrogens (tertiary/aromatic N) is 2. The van der Waals surface area contributed by atoms with Crippen molar-refractivity contribution in [2.75, 3.05) is 32.2 Å². The average Bonchev–Trinajstić information content (AvgIpc) is 2.40. The molecule has 0 aliphatic carbocycles. The van der Waals surface area contributed by atoms with Crippen molar-refractivity contribution in [1.29, 1.82) is 0 Å². The molecule has 1 aromatic rings. The zero-order valence-electron chi connectivity index (χ0n) is 9.99. The van der Waals surface area contributed by atoms with Crippen molar-refractivity contribution in [3.8, 4) is 0 Å². The maximum Gasteiger partial charge on any atom is 0.162 e. The molecule has 2 heterocycles. The predicted octanol–water partition coefficient (Wildman–Crippen LogP) is 1.77. The minimum atomic E-state index is -0.141. The van der Waals surface area contributed by atoms with Crippen LogP contribution < -0.4 is 5.32 Å². The van der Waals surface area contributed by atoms with E-state index in [0.717, 1.165) is 21.5 Å². The van der Waals surface area contributed by atoms with E-state index in [0.29, 0.717) is 25.6 Å². The summed E-state index contributed by atoms with van der Waals surface area (Å²) in [5.41, 5.74) is 1.05. The van der Waals surface area contributed by atoms with E-state index in [1.165, 1.54) is 0 Å². The standard InChI is InChI=1S/C11H16IN3O2/c1-3-7-9(12)11(13-2)15-10(14-7)8-6-16-4-5-17-8/h8H,3-6H2,1-2H3,(H,13,14,15). The molecule has 1 fully saturated rings. The summed E-state index contributed by atoms with van der Waals surface area (Å²) in [6.45, 7) is 3.88. The molecule has 0 bridgehead atoms. The van der Waals surface area contributed by atoms with Crippen molar-refractivity contribution in [1.82, 2.24) is 9.97 Å². The molecule has 94 valence electrons. The first-order valence-electron chi connectivity index (χ1n) is 5.69. The lowest BCUT2D eigenvalue weighted by Crippen LogP contribution is -2.24. The highest BCUT2D eigenvalue weighted by Crippen LogP contribution is 2.24. The van der Waals surface area contributed by atoms with Crippen molar-refractivity contribution >= 4 is 28.4 Å². The van der Waals surface area contributed by atoms with Crippen LogP contribution in [0.25, 0.3) is 0 Å². The van der Waals surface area contributed by atoms with Crippen LogP contribution in [0.15, 0.2) is 0 Å². The van der Waals surface area contributed by atoms with Crippen LogP contribution in [0.4, 0.5) is 5.82 Å². The van der Waals surface area contributed by atoms with E-state index in [1.807, 2.05) is 7.05 Å². The van der Waals surface area contributed by atoms with Crippen LogP contribution in [0, 0.1) is 3.57 Å². The molecule has 0 saturated carbocycles. The van der Waals surface area contributed by atoms with Crippen molar-refractivity contribution in [3.05, 3.63) is 15.1 Å². The monoisotopic (exact) mass is 349 g/mol. The van der Waals surface area contributed by atoms with E-state index in [4.69, 9.17) is 9.47 Å². The number of halogens is 1.